The average molecular weight is 362 g/mol. The van der Waals surface area contributed by atoms with Crippen molar-refractivity contribution in [3.8, 4) is 0 Å². The molecule has 0 atom stereocenters. The molecule has 1 N–H and O–H groups in total. The summed E-state index contributed by atoms with van der Waals surface area (Å²) in [5.74, 6) is 0.601. The number of fused-ring (bicyclic) bond motifs is 1. The molecule has 1 saturated heterocycles. The van der Waals surface area contributed by atoms with Gasteiger partial charge in [0, 0.05) is 24.3 Å². The van der Waals surface area contributed by atoms with Crippen LogP contribution in [0.5, 0.6) is 0 Å². The zero-order valence-corrected chi connectivity index (χ0v) is 15.3. The van der Waals surface area contributed by atoms with E-state index in [4.69, 9.17) is 4.74 Å². The van der Waals surface area contributed by atoms with E-state index in [2.05, 4.69) is 20.2 Å². The Kier molecular flexibility index (Phi) is 4.98. The Balaban J connectivity index is 1.51. The Morgan fingerprint density at radius 3 is 2.74 bits per heavy atom. The highest BCUT2D eigenvalue weighted by molar-refractivity contribution is 6.06. The highest BCUT2D eigenvalue weighted by atomic mass is 16.5. The third-order valence-corrected chi connectivity index (χ3v) is 4.65. The molecule has 0 radical (unpaired) electrons. The lowest BCUT2D eigenvalue weighted by molar-refractivity contribution is 0.0952. The molecule has 0 bridgehead atoms. The fraction of sp³-hybridized carbons (Fsp3) is 0.286. The normalized spacial score (nSPS) is 14.3. The largest absolute Gasteiger partial charge is 0.378 e. The van der Waals surface area contributed by atoms with Gasteiger partial charge in [0.25, 0.3) is 5.91 Å². The maximum atomic E-state index is 12.7. The SMILES string of the molecule is Cc1cc(CNC(=O)c2cccc3ccccc23)nc(N2CCOCC2)n1. The van der Waals surface area contributed by atoms with Gasteiger partial charge in [0.15, 0.2) is 0 Å². The van der Waals surface area contributed by atoms with E-state index in [-0.39, 0.29) is 5.91 Å². The van der Waals surface area contributed by atoms with Gasteiger partial charge in [-0.1, -0.05) is 36.4 Å². The zero-order valence-electron chi connectivity index (χ0n) is 15.3. The van der Waals surface area contributed by atoms with Crippen molar-refractivity contribution in [2.75, 3.05) is 31.2 Å². The molecule has 3 aromatic rings. The lowest BCUT2D eigenvalue weighted by atomic mass is 10.0. The number of benzene rings is 2. The van der Waals surface area contributed by atoms with E-state index >= 15 is 0 Å². The topological polar surface area (TPSA) is 67.4 Å². The summed E-state index contributed by atoms with van der Waals surface area (Å²) >= 11 is 0. The molecule has 6 heteroatoms. The number of nitrogens with one attached hydrogen (secondary N) is 1. The first-order chi connectivity index (χ1) is 13.2. The van der Waals surface area contributed by atoms with Crippen LogP contribution in [-0.2, 0) is 11.3 Å². The maximum Gasteiger partial charge on any atom is 0.252 e. The standard InChI is InChI=1S/C21H22N4O2/c1-15-13-17(24-21(23-15)25-9-11-27-12-10-25)14-22-20(26)19-8-4-6-16-5-2-3-7-18(16)19/h2-8,13H,9-12,14H2,1H3,(H,22,26). The second kappa shape index (κ2) is 7.72. The van der Waals surface area contributed by atoms with Gasteiger partial charge >= 0.3 is 0 Å². The van der Waals surface area contributed by atoms with Crippen LogP contribution in [0.25, 0.3) is 10.8 Å². The third kappa shape index (κ3) is 3.90. The molecule has 0 aliphatic carbocycles. The van der Waals surface area contributed by atoms with Gasteiger partial charge in [0.1, 0.15) is 0 Å². The van der Waals surface area contributed by atoms with E-state index < -0.39 is 0 Å². The summed E-state index contributed by atoms with van der Waals surface area (Å²) in [6.45, 7) is 5.25. The number of amides is 1. The monoisotopic (exact) mass is 362 g/mol. The van der Waals surface area contributed by atoms with Crippen LogP contribution in [0.2, 0.25) is 0 Å². The minimum atomic E-state index is -0.101. The second-order valence-electron chi connectivity index (χ2n) is 6.61. The Morgan fingerprint density at radius 2 is 1.89 bits per heavy atom. The van der Waals surface area contributed by atoms with Crippen molar-refractivity contribution in [2.24, 2.45) is 0 Å². The molecular formula is C21H22N4O2. The molecular weight excluding hydrogens is 340 g/mol. The van der Waals surface area contributed by atoms with Crippen molar-refractivity contribution in [2.45, 2.75) is 13.5 Å². The number of morpholine rings is 1. The number of carbonyl (C=O) groups excluding carboxylic acids is 1. The predicted molar refractivity (Wildman–Crippen MR) is 105 cm³/mol. The van der Waals surface area contributed by atoms with Crippen LogP contribution in [0.4, 0.5) is 5.95 Å². The first-order valence-corrected chi connectivity index (χ1v) is 9.14. The molecule has 2 aromatic carbocycles. The summed E-state index contributed by atoms with van der Waals surface area (Å²) in [4.78, 5) is 24.0. The highest BCUT2D eigenvalue weighted by Gasteiger charge is 2.15. The summed E-state index contributed by atoms with van der Waals surface area (Å²) in [6, 6.07) is 15.6. The Morgan fingerprint density at radius 1 is 1.11 bits per heavy atom. The van der Waals surface area contributed by atoms with E-state index in [1.165, 1.54) is 0 Å². The van der Waals surface area contributed by atoms with Gasteiger partial charge in [-0.15, -0.1) is 0 Å². The molecule has 0 saturated carbocycles. The van der Waals surface area contributed by atoms with Crippen LogP contribution in [-0.4, -0.2) is 42.2 Å². The van der Waals surface area contributed by atoms with Crippen LogP contribution in [0, 0.1) is 6.92 Å². The molecule has 0 spiro atoms. The van der Waals surface area contributed by atoms with Crippen molar-refractivity contribution in [1.82, 2.24) is 15.3 Å². The fourth-order valence-corrected chi connectivity index (χ4v) is 3.30. The zero-order chi connectivity index (χ0) is 18.6. The number of ether oxygens (including phenoxy) is 1. The van der Waals surface area contributed by atoms with Gasteiger partial charge < -0.3 is 15.0 Å². The van der Waals surface area contributed by atoms with Gasteiger partial charge in [-0.2, -0.15) is 0 Å². The summed E-state index contributed by atoms with van der Waals surface area (Å²) in [5, 5.41) is 5.00. The van der Waals surface area contributed by atoms with Crippen molar-refractivity contribution in [3.05, 3.63) is 65.5 Å². The molecule has 1 aliphatic heterocycles. The van der Waals surface area contributed by atoms with Crippen LogP contribution in [0.1, 0.15) is 21.7 Å². The first-order valence-electron chi connectivity index (χ1n) is 9.14. The van der Waals surface area contributed by atoms with Crippen molar-refractivity contribution in [3.63, 3.8) is 0 Å². The number of rotatable bonds is 4. The summed E-state index contributed by atoms with van der Waals surface area (Å²) < 4.78 is 5.39. The molecule has 1 aliphatic rings. The van der Waals surface area contributed by atoms with Gasteiger partial charge in [-0.25, -0.2) is 9.97 Å². The molecule has 4 rings (SSSR count). The van der Waals surface area contributed by atoms with Crippen molar-refractivity contribution >= 4 is 22.6 Å². The second-order valence-corrected chi connectivity index (χ2v) is 6.61. The molecule has 6 nitrogen and oxygen atoms in total. The lowest BCUT2D eigenvalue weighted by Gasteiger charge is -2.27. The van der Waals surface area contributed by atoms with Gasteiger partial charge in [-0.05, 0) is 29.8 Å². The maximum absolute atomic E-state index is 12.7. The summed E-state index contributed by atoms with van der Waals surface area (Å²) in [7, 11) is 0. The quantitative estimate of drug-likeness (QED) is 0.773. The Labute approximate surface area is 158 Å². The number of carbonyl (C=O) groups is 1. The molecule has 1 aromatic heterocycles. The molecule has 1 amide bonds. The number of aromatic nitrogens is 2. The molecule has 2 heterocycles. The molecule has 138 valence electrons. The smallest absolute Gasteiger partial charge is 0.252 e. The predicted octanol–water partition coefficient (Wildman–Crippen LogP) is 2.70. The lowest BCUT2D eigenvalue weighted by Crippen LogP contribution is -2.37. The Bertz CT molecular complexity index is 962. The van der Waals surface area contributed by atoms with Crippen LogP contribution in [0.3, 0.4) is 0 Å². The van der Waals surface area contributed by atoms with Crippen molar-refractivity contribution in [1.29, 1.82) is 0 Å². The molecule has 0 unspecified atom stereocenters. The van der Waals surface area contributed by atoms with Crippen molar-refractivity contribution < 1.29 is 9.53 Å². The van der Waals surface area contributed by atoms with Gasteiger partial charge in [0.2, 0.25) is 5.95 Å². The third-order valence-electron chi connectivity index (χ3n) is 4.65. The van der Waals surface area contributed by atoms with E-state index in [0.717, 1.165) is 35.2 Å². The fourth-order valence-electron chi connectivity index (χ4n) is 3.30. The minimum absolute atomic E-state index is 0.101. The number of hydrogen-bond donors (Lipinski definition) is 1. The molecule has 27 heavy (non-hydrogen) atoms. The highest BCUT2D eigenvalue weighted by Crippen LogP contribution is 2.18. The first kappa shape index (κ1) is 17.4. The number of anilines is 1. The van der Waals surface area contributed by atoms with Crippen LogP contribution < -0.4 is 10.2 Å². The number of aryl methyl sites for hydroxylation is 1. The number of nitrogens with zero attached hydrogens (tertiary/aromatic N) is 3. The number of hydrogen-bond acceptors (Lipinski definition) is 5. The van der Waals surface area contributed by atoms with E-state index in [0.29, 0.717) is 31.3 Å². The molecule has 1 fully saturated rings. The van der Waals surface area contributed by atoms with E-state index in [1.807, 2.05) is 55.5 Å². The van der Waals surface area contributed by atoms with E-state index in [9.17, 15) is 4.79 Å². The van der Waals surface area contributed by atoms with Crippen LogP contribution >= 0.6 is 0 Å². The average Bonchev–Trinajstić information content (AvgIpc) is 2.72. The van der Waals surface area contributed by atoms with Gasteiger partial charge in [0.05, 0.1) is 25.5 Å². The van der Waals surface area contributed by atoms with E-state index in [1.54, 1.807) is 0 Å². The summed E-state index contributed by atoms with van der Waals surface area (Å²) in [6.07, 6.45) is 0. The van der Waals surface area contributed by atoms with Gasteiger partial charge in [-0.3, -0.25) is 4.79 Å². The van der Waals surface area contributed by atoms with Crippen LogP contribution in [0.15, 0.2) is 48.5 Å². The Hall–Kier alpha value is -2.99. The summed E-state index contributed by atoms with van der Waals surface area (Å²) in [5.41, 5.74) is 2.37. The minimum Gasteiger partial charge on any atom is -0.378 e.